The summed E-state index contributed by atoms with van der Waals surface area (Å²) in [7, 11) is 0. The topological polar surface area (TPSA) is 46.3 Å². The van der Waals surface area contributed by atoms with Gasteiger partial charge in [-0.25, -0.2) is 4.39 Å². The molecule has 2 N–H and O–H groups in total. The minimum atomic E-state index is -0.453. The molecule has 1 aromatic rings. The van der Waals surface area contributed by atoms with Gasteiger partial charge in [-0.3, -0.25) is 4.79 Å². The van der Waals surface area contributed by atoms with E-state index in [9.17, 15) is 9.18 Å². The van der Waals surface area contributed by atoms with E-state index in [1.54, 1.807) is 11.0 Å². The maximum Gasteiger partial charge on any atom is 0.243 e. The summed E-state index contributed by atoms with van der Waals surface area (Å²) in [6.45, 7) is 2.68. The fourth-order valence-electron chi connectivity index (χ4n) is 2.43. The number of anilines is 1. The molecular formula is C14H19FN2O. The van der Waals surface area contributed by atoms with Crippen LogP contribution in [-0.2, 0) is 11.2 Å². The van der Waals surface area contributed by atoms with Crippen molar-refractivity contribution in [2.75, 3.05) is 11.4 Å². The lowest BCUT2D eigenvalue weighted by atomic mass is 10.00. The molecule has 1 unspecified atom stereocenters. The van der Waals surface area contributed by atoms with E-state index in [1.165, 1.54) is 12.1 Å². The SMILES string of the molecule is CCCC(N)C(=O)N1CCCc2cc(F)ccc21. The molecule has 1 aliphatic heterocycles. The van der Waals surface area contributed by atoms with E-state index >= 15 is 0 Å². The molecule has 0 saturated carbocycles. The predicted molar refractivity (Wildman–Crippen MR) is 70.0 cm³/mol. The highest BCUT2D eigenvalue weighted by atomic mass is 19.1. The smallest absolute Gasteiger partial charge is 0.243 e. The average molecular weight is 250 g/mol. The Hall–Kier alpha value is -1.42. The molecule has 2 rings (SSSR count). The van der Waals surface area contributed by atoms with Crippen molar-refractivity contribution in [1.29, 1.82) is 0 Å². The van der Waals surface area contributed by atoms with Gasteiger partial charge in [0.15, 0.2) is 0 Å². The standard InChI is InChI=1S/C14H19FN2O/c1-2-4-12(16)14(18)17-8-3-5-10-9-11(15)6-7-13(10)17/h6-7,9,12H,2-5,8,16H2,1H3. The zero-order valence-electron chi connectivity index (χ0n) is 10.7. The molecule has 1 atom stereocenters. The minimum absolute atomic E-state index is 0.0515. The van der Waals surface area contributed by atoms with Crippen LogP contribution in [0.15, 0.2) is 18.2 Å². The highest BCUT2D eigenvalue weighted by Gasteiger charge is 2.26. The van der Waals surface area contributed by atoms with Gasteiger partial charge in [-0.2, -0.15) is 0 Å². The third-order valence-corrected chi connectivity index (χ3v) is 3.34. The van der Waals surface area contributed by atoms with Gasteiger partial charge in [-0.05, 0) is 43.0 Å². The van der Waals surface area contributed by atoms with Crippen LogP contribution in [0.2, 0.25) is 0 Å². The molecule has 0 saturated heterocycles. The number of carbonyl (C=O) groups is 1. The Morgan fingerprint density at radius 2 is 2.33 bits per heavy atom. The lowest BCUT2D eigenvalue weighted by Gasteiger charge is -2.31. The number of nitrogens with zero attached hydrogens (tertiary/aromatic N) is 1. The van der Waals surface area contributed by atoms with Gasteiger partial charge in [-0.1, -0.05) is 13.3 Å². The first kappa shape index (κ1) is 13.0. The number of halogens is 1. The van der Waals surface area contributed by atoms with Gasteiger partial charge in [-0.15, -0.1) is 0 Å². The molecule has 0 spiro atoms. The van der Waals surface area contributed by atoms with Crippen LogP contribution in [0.1, 0.15) is 31.7 Å². The van der Waals surface area contributed by atoms with Crippen LogP contribution in [0.3, 0.4) is 0 Å². The van der Waals surface area contributed by atoms with Gasteiger partial charge in [0.05, 0.1) is 6.04 Å². The lowest BCUT2D eigenvalue weighted by Crippen LogP contribution is -2.46. The maximum atomic E-state index is 13.2. The molecule has 1 amide bonds. The Morgan fingerprint density at radius 3 is 3.06 bits per heavy atom. The van der Waals surface area contributed by atoms with Crippen molar-refractivity contribution in [3.63, 3.8) is 0 Å². The van der Waals surface area contributed by atoms with Crippen LogP contribution in [0, 0.1) is 5.82 Å². The summed E-state index contributed by atoms with van der Waals surface area (Å²) >= 11 is 0. The van der Waals surface area contributed by atoms with Crippen molar-refractivity contribution in [2.45, 2.75) is 38.6 Å². The second-order valence-electron chi connectivity index (χ2n) is 4.76. The summed E-state index contributed by atoms with van der Waals surface area (Å²) in [5.41, 5.74) is 7.60. The molecule has 98 valence electrons. The molecular weight excluding hydrogens is 231 g/mol. The quantitative estimate of drug-likeness (QED) is 0.894. The van der Waals surface area contributed by atoms with Gasteiger partial charge < -0.3 is 10.6 Å². The van der Waals surface area contributed by atoms with E-state index < -0.39 is 6.04 Å². The summed E-state index contributed by atoms with van der Waals surface area (Å²) in [6.07, 6.45) is 3.25. The van der Waals surface area contributed by atoms with Crippen molar-refractivity contribution >= 4 is 11.6 Å². The predicted octanol–water partition coefficient (Wildman–Crippen LogP) is 2.23. The second kappa shape index (κ2) is 5.48. The zero-order valence-corrected chi connectivity index (χ0v) is 10.7. The third kappa shape index (κ3) is 2.53. The van der Waals surface area contributed by atoms with Gasteiger partial charge in [0, 0.05) is 12.2 Å². The molecule has 0 aliphatic carbocycles. The summed E-state index contributed by atoms with van der Waals surface area (Å²) < 4.78 is 13.2. The monoisotopic (exact) mass is 250 g/mol. The first-order valence-electron chi connectivity index (χ1n) is 6.49. The van der Waals surface area contributed by atoms with Crippen LogP contribution < -0.4 is 10.6 Å². The number of hydrogen-bond acceptors (Lipinski definition) is 2. The van der Waals surface area contributed by atoms with E-state index in [2.05, 4.69) is 0 Å². The molecule has 18 heavy (non-hydrogen) atoms. The first-order valence-corrected chi connectivity index (χ1v) is 6.49. The largest absolute Gasteiger partial charge is 0.320 e. The lowest BCUT2D eigenvalue weighted by molar-refractivity contribution is -0.120. The zero-order chi connectivity index (χ0) is 13.1. The first-order chi connectivity index (χ1) is 8.63. The summed E-state index contributed by atoms with van der Waals surface area (Å²) in [5, 5.41) is 0. The van der Waals surface area contributed by atoms with Crippen molar-refractivity contribution in [3.05, 3.63) is 29.6 Å². The van der Waals surface area contributed by atoms with Crippen molar-refractivity contribution in [3.8, 4) is 0 Å². The minimum Gasteiger partial charge on any atom is -0.320 e. The van der Waals surface area contributed by atoms with Crippen LogP contribution in [0.4, 0.5) is 10.1 Å². The number of benzene rings is 1. The van der Waals surface area contributed by atoms with E-state index in [4.69, 9.17) is 5.73 Å². The Kier molecular flexibility index (Phi) is 3.97. The van der Waals surface area contributed by atoms with Gasteiger partial charge in [0.2, 0.25) is 5.91 Å². The number of fused-ring (bicyclic) bond motifs is 1. The molecule has 0 radical (unpaired) electrons. The molecule has 1 aliphatic rings. The number of amides is 1. The van der Waals surface area contributed by atoms with Crippen molar-refractivity contribution < 1.29 is 9.18 Å². The number of nitrogens with two attached hydrogens (primary N) is 1. The Balaban J connectivity index is 2.24. The number of carbonyl (C=O) groups excluding carboxylic acids is 1. The maximum absolute atomic E-state index is 13.2. The van der Waals surface area contributed by atoms with E-state index in [0.29, 0.717) is 13.0 Å². The van der Waals surface area contributed by atoms with Gasteiger partial charge in [0.1, 0.15) is 5.82 Å². The molecule has 4 heteroatoms. The van der Waals surface area contributed by atoms with Gasteiger partial charge >= 0.3 is 0 Å². The summed E-state index contributed by atoms with van der Waals surface area (Å²) in [4.78, 5) is 13.9. The van der Waals surface area contributed by atoms with Crippen molar-refractivity contribution in [1.82, 2.24) is 0 Å². The fraction of sp³-hybridized carbons (Fsp3) is 0.500. The Bertz CT molecular complexity index is 447. The molecule has 3 nitrogen and oxygen atoms in total. The normalized spacial score (nSPS) is 16.3. The Labute approximate surface area is 107 Å². The van der Waals surface area contributed by atoms with Gasteiger partial charge in [0.25, 0.3) is 0 Å². The number of aryl methyl sites for hydroxylation is 1. The van der Waals surface area contributed by atoms with Crippen LogP contribution in [0.5, 0.6) is 0 Å². The number of hydrogen-bond donors (Lipinski definition) is 1. The molecule has 0 aromatic heterocycles. The third-order valence-electron chi connectivity index (χ3n) is 3.34. The fourth-order valence-corrected chi connectivity index (χ4v) is 2.43. The summed E-state index contributed by atoms with van der Waals surface area (Å²) in [6, 6.07) is 4.14. The summed E-state index contributed by atoms with van der Waals surface area (Å²) in [5.74, 6) is -0.301. The number of rotatable bonds is 3. The van der Waals surface area contributed by atoms with E-state index in [0.717, 1.165) is 30.5 Å². The van der Waals surface area contributed by atoms with Crippen LogP contribution in [-0.4, -0.2) is 18.5 Å². The molecule has 1 aromatic carbocycles. The highest BCUT2D eigenvalue weighted by molar-refractivity contribution is 5.98. The van der Waals surface area contributed by atoms with Crippen LogP contribution >= 0.6 is 0 Å². The molecule has 0 fully saturated rings. The average Bonchev–Trinajstić information content (AvgIpc) is 2.37. The van der Waals surface area contributed by atoms with E-state index in [1.807, 2.05) is 6.92 Å². The van der Waals surface area contributed by atoms with Crippen molar-refractivity contribution in [2.24, 2.45) is 5.73 Å². The molecule has 1 heterocycles. The van der Waals surface area contributed by atoms with E-state index in [-0.39, 0.29) is 11.7 Å². The highest BCUT2D eigenvalue weighted by Crippen LogP contribution is 2.28. The van der Waals surface area contributed by atoms with Crippen LogP contribution in [0.25, 0.3) is 0 Å². The second-order valence-corrected chi connectivity index (χ2v) is 4.76. The molecule has 0 bridgehead atoms. The Morgan fingerprint density at radius 1 is 1.56 bits per heavy atom.